The number of hydrogen-bond acceptors (Lipinski definition) is 4. The first-order chi connectivity index (χ1) is 18.3. The summed E-state index contributed by atoms with van der Waals surface area (Å²) < 4.78 is 10.8. The molecule has 0 unspecified atom stereocenters. The molecule has 0 saturated heterocycles. The van der Waals surface area contributed by atoms with Crippen LogP contribution < -0.4 is 14.8 Å². The normalized spacial score (nSPS) is 14.3. The predicted octanol–water partition coefficient (Wildman–Crippen LogP) is 7.68. The van der Waals surface area contributed by atoms with Gasteiger partial charge in [0, 0.05) is 29.3 Å². The quantitative estimate of drug-likeness (QED) is 0.302. The number of carbonyl (C=O) groups excluding carboxylic acids is 1. The molecule has 1 aliphatic rings. The second kappa shape index (κ2) is 10.3. The Morgan fingerprint density at radius 2 is 1.61 bits per heavy atom. The Labute approximate surface area is 224 Å². The number of anilines is 1. The average molecular weight is 507 g/mol. The van der Waals surface area contributed by atoms with Crippen LogP contribution in [-0.2, 0) is 11.8 Å². The van der Waals surface area contributed by atoms with E-state index in [1.807, 2.05) is 24.3 Å². The lowest BCUT2D eigenvalue weighted by Crippen LogP contribution is -2.19. The Bertz CT molecular complexity index is 1510. The van der Waals surface area contributed by atoms with Crippen LogP contribution in [-0.4, -0.2) is 25.1 Å². The van der Waals surface area contributed by atoms with Gasteiger partial charge in [-0.3, -0.25) is 4.79 Å². The zero-order valence-corrected chi connectivity index (χ0v) is 22.7. The third-order valence-electron chi connectivity index (χ3n) is 7.12. The molecule has 5 heteroatoms. The number of nitrogens with one attached hydrogen (secondary N) is 1. The molecule has 0 radical (unpaired) electrons. The zero-order valence-electron chi connectivity index (χ0n) is 22.7. The van der Waals surface area contributed by atoms with Gasteiger partial charge in [0.25, 0.3) is 5.91 Å². The SMILES string of the molecule is COc1cc(NC(=O)c2c3c(nc4ccccc24)C(=Cc2ccc(C(C)(C)C)cc2)CCC3)cc(OC)c1. The van der Waals surface area contributed by atoms with Crippen molar-refractivity contribution in [3.05, 3.63) is 94.7 Å². The van der Waals surface area contributed by atoms with E-state index in [0.29, 0.717) is 22.7 Å². The Morgan fingerprint density at radius 3 is 2.26 bits per heavy atom. The molecule has 0 saturated carbocycles. The number of hydrogen-bond donors (Lipinski definition) is 1. The van der Waals surface area contributed by atoms with Crippen molar-refractivity contribution in [1.29, 1.82) is 0 Å². The number of pyridine rings is 1. The van der Waals surface area contributed by atoms with E-state index in [1.165, 1.54) is 5.56 Å². The molecule has 1 aromatic heterocycles. The van der Waals surface area contributed by atoms with Gasteiger partial charge in [-0.15, -0.1) is 0 Å². The van der Waals surface area contributed by atoms with Crippen molar-refractivity contribution < 1.29 is 14.3 Å². The highest BCUT2D eigenvalue weighted by Gasteiger charge is 2.25. The molecule has 1 aliphatic carbocycles. The monoisotopic (exact) mass is 506 g/mol. The van der Waals surface area contributed by atoms with Crippen LogP contribution in [0.15, 0.2) is 66.7 Å². The van der Waals surface area contributed by atoms with Gasteiger partial charge in [-0.05, 0) is 59.1 Å². The molecule has 1 amide bonds. The molecule has 0 aliphatic heterocycles. The Balaban J connectivity index is 1.59. The summed E-state index contributed by atoms with van der Waals surface area (Å²) in [6.07, 6.45) is 4.91. The number of amides is 1. The van der Waals surface area contributed by atoms with Crippen LogP contribution in [0.1, 0.15) is 66.4 Å². The molecule has 38 heavy (non-hydrogen) atoms. The number of para-hydroxylation sites is 1. The molecule has 0 fully saturated rings. The summed E-state index contributed by atoms with van der Waals surface area (Å²) in [6, 6.07) is 22.0. The van der Waals surface area contributed by atoms with Gasteiger partial charge >= 0.3 is 0 Å². The topological polar surface area (TPSA) is 60.5 Å². The van der Waals surface area contributed by atoms with Crippen LogP contribution in [0.4, 0.5) is 5.69 Å². The number of rotatable bonds is 5. The van der Waals surface area contributed by atoms with E-state index < -0.39 is 0 Å². The zero-order chi connectivity index (χ0) is 26.9. The fraction of sp³-hybridized carbons (Fsp3) is 0.273. The Kier molecular flexibility index (Phi) is 6.94. The van der Waals surface area contributed by atoms with E-state index in [4.69, 9.17) is 14.5 Å². The number of methoxy groups -OCH3 is 2. The second-order valence-corrected chi connectivity index (χ2v) is 10.8. The summed E-state index contributed by atoms with van der Waals surface area (Å²) in [4.78, 5) is 18.9. The lowest BCUT2D eigenvalue weighted by Gasteiger charge is -2.23. The van der Waals surface area contributed by atoms with Gasteiger partial charge in [0.2, 0.25) is 0 Å². The minimum absolute atomic E-state index is 0.110. The van der Waals surface area contributed by atoms with Crippen molar-refractivity contribution in [3.8, 4) is 11.5 Å². The first-order valence-electron chi connectivity index (χ1n) is 13.0. The van der Waals surface area contributed by atoms with E-state index in [9.17, 15) is 4.79 Å². The van der Waals surface area contributed by atoms with Crippen LogP contribution in [0.25, 0.3) is 22.6 Å². The molecule has 1 heterocycles. The van der Waals surface area contributed by atoms with Crippen molar-refractivity contribution in [2.24, 2.45) is 0 Å². The van der Waals surface area contributed by atoms with Gasteiger partial charge in [-0.2, -0.15) is 0 Å². The number of allylic oxidation sites excluding steroid dienone is 1. The molecule has 0 atom stereocenters. The molecular weight excluding hydrogens is 472 g/mol. The smallest absolute Gasteiger partial charge is 0.256 e. The van der Waals surface area contributed by atoms with Crippen LogP contribution in [0.3, 0.4) is 0 Å². The third-order valence-corrected chi connectivity index (χ3v) is 7.12. The Hall–Kier alpha value is -4.12. The van der Waals surface area contributed by atoms with Gasteiger partial charge < -0.3 is 14.8 Å². The molecule has 3 aromatic carbocycles. The van der Waals surface area contributed by atoms with Crippen molar-refractivity contribution in [2.75, 3.05) is 19.5 Å². The van der Waals surface area contributed by atoms with Crippen LogP contribution in [0.5, 0.6) is 11.5 Å². The maximum absolute atomic E-state index is 13.9. The number of aromatic nitrogens is 1. The molecule has 5 rings (SSSR count). The first-order valence-corrected chi connectivity index (χ1v) is 13.0. The van der Waals surface area contributed by atoms with Gasteiger partial charge in [0.1, 0.15) is 11.5 Å². The summed E-state index contributed by atoms with van der Waals surface area (Å²) >= 11 is 0. The molecule has 4 aromatic rings. The minimum Gasteiger partial charge on any atom is -0.497 e. The van der Waals surface area contributed by atoms with Gasteiger partial charge in [0.15, 0.2) is 0 Å². The van der Waals surface area contributed by atoms with E-state index in [1.54, 1.807) is 32.4 Å². The fourth-order valence-corrected chi connectivity index (χ4v) is 5.09. The summed E-state index contributed by atoms with van der Waals surface area (Å²) in [7, 11) is 3.19. The number of benzene rings is 3. The summed E-state index contributed by atoms with van der Waals surface area (Å²) in [5.74, 6) is 1.07. The minimum atomic E-state index is -0.161. The van der Waals surface area contributed by atoms with Crippen LogP contribution in [0.2, 0.25) is 0 Å². The van der Waals surface area contributed by atoms with E-state index >= 15 is 0 Å². The molecule has 194 valence electrons. The molecule has 0 spiro atoms. The maximum Gasteiger partial charge on any atom is 0.256 e. The largest absolute Gasteiger partial charge is 0.497 e. The first kappa shape index (κ1) is 25.5. The number of ether oxygens (including phenoxy) is 2. The highest BCUT2D eigenvalue weighted by molar-refractivity contribution is 6.14. The van der Waals surface area contributed by atoms with Crippen molar-refractivity contribution >= 4 is 34.1 Å². The van der Waals surface area contributed by atoms with Crippen LogP contribution >= 0.6 is 0 Å². The second-order valence-electron chi connectivity index (χ2n) is 10.8. The molecule has 5 nitrogen and oxygen atoms in total. The standard InChI is InChI=1S/C33H34N2O3/c1-33(2,3)23-15-13-21(14-16-23)17-22-9-8-11-28-30(27-10-6-7-12-29(27)35-31(22)28)32(36)34-24-18-25(37-4)20-26(19-24)38-5/h6-7,10,12-20H,8-9,11H2,1-5H3,(H,34,36). The van der Waals surface area contributed by atoms with Gasteiger partial charge in [-0.1, -0.05) is 63.2 Å². The van der Waals surface area contributed by atoms with E-state index in [2.05, 4.69) is 56.4 Å². The summed E-state index contributed by atoms with van der Waals surface area (Å²) in [5, 5.41) is 3.94. The van der Waals surface area contributed by atoms with E-state index in [0.717, 1.165) is 52.6 Å². The highest BCUT2D eigenvalue weighted by Crippen LogP contribution is 2.37. The third kappa shape index (κ3) is 5.14. The number of carbonyl (C=O) groups is 1. The lowest BCUT2D eigenvalue weighted by atomic mass is 9.84. The van der Waals surface area contributed by atoms with Crippen molar-refractivity contribution in [3.63, 3.8) is 0 Å². The molecular formula is C33H34N2O3. The molecule has 1 N–H and O–H groups in total. The van der Waals surface area contributed by atoms with Gasteiger partial charge in [0.05, 0.1) is 31.0 Å². The number of fused-ring (bicyclic) bond motifs is 2. The number of nitrogens with zero attached hydrogens (tertiary/aromatic N) is 1. The van der Waals surface area contributed by atoms with E-state index in [-0.39, 0.29) is 11.3 Å². The lowest BCUT2D eigenvalue weighted by molar-refractivity contribution is 0.102. The Morgan fingerprint density at radius 1 is 0.921 bits per heavy atom. The van der Waals surface area contributed by atoms with Crippen molar-refractivity contribution in [2.45, 2.75) is 45.4 Å². The fourth-order valence-electron chi connectivity index (χ4n) is 5.09. The maximum atomic E-state index is 13.9. The summed E-state index contributed by atoms with van der Waals surface area (Å²) in [6.45, 7) is 6.67. The van der Waals surface area contributed by atoms with Gasteiger partial charge in [-0.25, -0.2) is 4.98 Å². The van der Waals surface area contributed by atoms with Crippen molar-refractivity contribution in [1.82, 2.24) is 4.98 Å². The predicted molar refractivity (Wildman–Crippen MR) is 155 cm³/mol. The van der Waals surface area contributed by atoms with Crippen LogP contribution in [0, 0.1) is 0 Å². The highest BCUT2D eigenvalue weighted by atomic mass is 16.5. The average Bonchev–Trinajstić information content (AvgIpc) is 2.91. The summed E-state index contributed by atoms with van der Waals surface area (Å²) in [5.41, 5.74) is 7.76. The molecule has 0 bridgehead atoms.